The molecular formula is C20H19FN6O. The second-order valence-corrected chi connectivity index (χ2v) is 7.21. The van der Waals surface area contributed by atoms with Crippen molar-refractivity contribution in [2.45, 2.75) is 25.8 Å². The van der Waals surface area contributed by atoms with Gasteiger partial charge in [-0.05, 0) is 45.0 Å². The highest BCUT2D eigenvalue weighted by molar-refractivity contribution is 5.80. The van der Waals surface area contributed by atoms with E-state index in [1.807, 2.05) is 6.92 Å². The van der Waals surface area contributed by atoms with Gasteiger partial charge in [-0.25, -0.2) is 14.4 Å². The summed E-state index contributed by atoms with van der Waals surface area (Å²) in [5.41, 5.74) is 2.66. The van der Waals surface area contributed by atoms with Crippen LogP contribution < -0.4 is 10.9 Å². The highest BCUT2D eigenvalue weighted by Crippen LogP contribution is 2.23. The quantitative estimate of drug-likeness (QED) is 0.580. The molecule has 0 aromatic carbocycles. The number of pyridine rings is 2. The van der Waals surface area contributed by atoms with Crippen LogP contribution in [-0.4, -0.2) is 37.0 Å². The fraction of sp³-hybridized carbons (Fsp3) is 0.300. The predicted molar refractivity (Wildman–Crippen MR) is 104 cm³/mol. The van der Waals surface area contributed by atoms with Gasteiger partial charge in [0.15, 0.2) is 11.5 Å². The summed E-state index contributed by atoms with van der Waals surface area (Å²) in [6, 6.07) is 3.30. The van der Waals surface area contributed by atoms with Gasteiger partial charge in [0.25, 0.3) is 5.56 Å². The molecule has 0 aliphatic carbocycles. The highest BCUT2D eigenvalue weighted by atomic mass is 19.1. The molecule has 5 rings (SSSR count). The molecule has 0 bridgehead atoms. The van der Waals surface area contributed by atoms with Crippen molar-refractivity contribution in [2.24, 2.45) is 0 Å². The lowest BCUT2D eigenvalue weighted by Gasteiger charge is -2.24. The van der Waals surface area contributed by atoms with Crippen molar-refractivity contribution in [2.75, 3.05) is 13.1 Å². The lowest BCUT2D eigenvalue weighted by Crippen LogP contribution is -2.34. The molecule has 1 aliphatic rings. The third-order valence-electron chi connectivity index (χ3n) is 5.29. The van der Waals surface area contributed by atoms with E-state index in [4.69, 9.17) is 0 Å². The largest absolute Gasteiger partial charge is 0.317 e. The van der Waals surface area contributed by atoms with E-state index in [9.17, 15) is 9.18 Å². The summed E-state index contributed by atoms with van der Waals surface area (Å²) in [6.45, 7) is 3.61. The fourth-order valence-electron chi connectivity index (χ4n) is 3.85. The number of hydrogen-bond donors (Lipinski definition) is 1. The maximum absolute atomic E-state index is 14.4. The van der Waals surface area contributed by atoms with Gasteiger partial charge in [-0.15, -0.1) is 0 Å². The van der Waals surface area contributed by atoms with Gasteiger partial charge < -0.3 is 9.72 Å². The van der Waals surface area contributed by atoms with Crippen LogP contribution in [0.2, 0.25) is 0 Å². The highest BCUT2D eigenvalue weighted by Gasteiger charge is 2.18. The maximum Gasteiger partial charge on any atom is 0.263 e. The number of aromatic nitrogens is 5. The molecule has 1 fully saturated rings. The molecule has 28 heavy (non-hydrogen) atoms. The van der Waals surface area contributed by atoms with Crippen molar-refractivity contribution in [1.29, 1.82) is 0 Å². The van der Waals surface area contributed by atoms with Gasteiger partial charge in [0.05, 0.1) is 28.6 Å². The summed E-state index contributed by atoms with van der Waals surface area (Å²) in [4.78, 5) is 26.0. The van der Waals surface area contributed by atoms with E-state index in [-0.39, 0.29) is 17.2 Å². The van der Waals surface area contributed by atoms with E-state index >= 15 is 0 Å². The summed E-state index contributed by atoms with van der Waals surface area (Å²) < 4.78 is 17.8. The van der Waals surface area contributed by atoms with E-state index in [0.29, 0.717) is 22.2 Å². The molecule has 5 heterocycles. The van der Waals surface area contributed by atoms with Crippen LogP contribution in [0, 0.1) is 12.7 Å². The molecule has 8 heteroatoms. The number of aryl methyl sites for hydroxylation is 1. The minimum Gasteiger partial charge on any atom is -0.317 e. The first-order valence-electron chi connectivity index (χ1n) is 9.33. The first-order chi connectivity index (χ1) is 13.6. The molecule has 4 aromatic heterocycles. The number of piperidine rings is 1. The molecule has 7 nitrogen and oxygen atoms in total. The van der Waals surface area contributed by atoms with Crippen LogP contribution >= 0.6 is 0 Å². The molecule has 1 saturated heterocycles. The Hall–Kier alpha value is -3.13. The van der Waals surface area contributed by atoms with E-state index in [1.54, 1.807) is 40.0 Å². The standard InChI is InChI=1S/C20H19FN6O/c1-12-9-26-10-13(6-16(21)19(26)25-12)17-7-18-15(8-23-17)20(28)27(11-24-18)14-2-4-22-5-3-14/h6-11,14,22H,2-5H2,1H3. The van der Waals surface area contributed by atoms with E-state index < -0.39 is 5.82 Å². The number of halogens is 1. The summed E-state index contributed by atoms with van der Waals surface area (Å²) in [5.74, 6) is -0.415. The molecule has 0 amide bonds. The van der Waals surface area contributed by atoms with Crippen LogP contribution in [0.4, 0.5) is 4.39 Å². The average Bonchev–Trinajstić information content (AvgIpc) is 3.09. The van der Waals surface area contributed by atoms with Crippen molar-refractivity contribution in [1.82, 2.24) is 29.2 Å². The fourth-order valence-corrected chi connectivity index (χ4v) is 3.85. The van der Waals surface area contributed by atoms with Crippen molar-refractivity contribution < 1.29 is 4.39 Å². The SMILES string of the molecule is Cc1cn2cc(-c3cc4ncn(C5CCNCC5)c(=O)c4cn3)cc(F)c2n1. The Kier molecular flexibility index (Phi) is 3.94. The first-order valence-corrected chi connectivity index (χ1v) is 9.33. The Balaban J connectivity index is 1.59. The summed E-state index contributed by atoms with van der Waals surface area (Å²) in [7, 11) is 0. The monoisotopic (exact) mass is 378 g/mol. The third-order valence-corrected chi connectivity index (χ3v) is 5.29. The number of nitrogens with one attached hydrogen (secondary N) is 1. The van der Waals surface area contributed by atoms with E-state index in [2.05, 4.69) is 20.3 Å². The molecular weight excluding hydrogens is 359 g/mol. The Morgan fingerprint density at radius 1 is 1.18 bits per heavy atom. The van der Waals surface area contributed by atoms with E-state index in [1.165, 1.54) is 6.07 Å². The van der Waals surface area contributed by atoms with Crippen molar-refractivity contribution in [3.8, 4) is 11.3 Å². The minimum atomic E-state index is -0.415. The number of fused-ring (bicyclic) bond motifs is 2. The van der Waals surface area contributed by atoms with Crippen molar-refractivity contribution >= 4 is 16.6 Å². The van der Waals surface area contributed by atoms with E-state index in [0.717, 1.165) is 31.6 Å². The van der Waals surface area contributed by atoms with Gasteiger partial charge >= 0.3 is 0 Å². The molecule has 4 aromatic rings. The number of hydrogen-bond acceptors (Lipinski definition) is 5. The zero-order chi connectivity index (χ0) is 19.3. The van der Waals surface area contributed by atoms with Crippen LogP contribution in [0.5, 0.6) is 0 Å². The molecule has 0 atom stereocenters. The molecule has 142 valence electrons. The Labute approximate surface area is 159 Å². The van der Waals surface area contributed by atoms with Crippen LogP contribution in [0.25, 0.3) is 27.8 Å². The smallest absolute Gasteiger partial charge is 0.263 e. The van der Waals surface area contributed by atoms with Gasteiger partial charge in [0, 0.05) is 30.2 Å². The second kappa shape index (κ2) is 6.49. The molecule has 0 radical (unpaired) electrons. The lowest BCUT2D eigenvalue weighted by molar-refractivity contribution is 0.359. The lowest BCUT2D eigenvalue weighted by atomic mass is 10.1. The number of rotatable bonds is 2. The topological polar surface area (TPSA) is 77.1 Å². The predicted octanol–water partition coefficient (Wildman–Crippen LogP) is 2.48. The molecule has 0 spiro atoms. The van der Waals surface area contributed by atoms with Crippen LogP contribution in [0.3, 0.4) is 0 Å². The maximum atomic E-state index is 14.4. The minimum absolute atomic E-state index is 0.0807. The molecule has 0 unspecified atom stereocenters. The van der Waals surface area contributed by atoms with Gasteiger partial charge in [0.2, 0.25) is 0 Å². The zero-order valence-electron chi connectivity index (χ0n) is 15.4. The van der Waals surface area contributed by atoms with Crippen molar-refractivity contribution in [3.05, 3.63) is 58.9 Å². The second-order valence-electron chi connectivity index (χ2n) is 7.21. The van der Waals surface area contributed by atoms with Crippen LogP contribution in [0.1, 0.15) is 24.6 Å². The molecule has 0 saturated carbocycles. The Morgan fingerprint density at radius 3 is 2.82 bits per heavy atom. The average molecular weight is 378 g/mol. The summed E-state index contributed by atoms with van der Waals surface area (Å²) >= 11 is 0. The summed E-state index contributed by atoms with van der Waals surface area (Å²) in [5, 5.41) is 3.78. The normalized spacial score (nSPS) is 15.5. The van der Waals surface area contributed by atoms with Gasteiger partial charge in [-0.1, -0.05) is 0 Å². The Morgan fingerprint density at radius 2 is 2.00 bits per heavy atom. The van der Waals surface area contributed by atoms with Crippen LogP contribution in [0.15, 0.2) is 41.8 Å². The number of nitrogens with zero attached hydrogens (tertiary/aromatic N) is 5. The number of imidazole rings is 1. The van der Waals surface area contributed by atoms with Crippen molar-refractivity contribution in [3.63, 3.8) is 0 Å². The molecule has 1 N–H and O–H groups in total. The van der Waals surface area contributed by atoms with Gasteiger partial charge in [0.1, 0.15) is 0 Å². The van der Waals surface area contributed by atoms with Gasteiger partial charge in [-0.2, -0.15) is 0 Å². The summed E-state index contributed by atoms with van der Waals surface area (Å²) in [6.07, 6.45) is 8.51. The molecule has 1 aliphatic heterocycles. The third kappa shape index (κ3) is 2.77. The van der Waals surface area contributed by atoms with Gasteiger partial charge in [-0.3, -0.25) is 14.3 Å². The Bertz CT molecular complexity index is 1260. The zero-order valence-corrected chi connectivity index (χ0v) is 15.4. The first kappa shape index (κ1) is 17.0. The van der Waals surface area contributed by atoms with Crippen LogP contribution in [-0.2, 0) is 0 Å².